The number of aliphatic imine (C=N–C) groups is 1. The molecule has 1 atom stereocenters. The van der Waals surface area contributed by atoms with Gasteiger partial charge in [0.25, 0.3) is 0 Å². The van der Waals surface area contributed by atoms with E-state index in [-0.39, 0.29) is 0 Å². The minimum absolute atomic E-state index is 0.398. The Balaban J connectivity index is 1.83. The molecule has 0 saturated heterocycles. The van der Waals surface area contributed by atoms with Crippen LogP contribution in [0.1, 0.15) is 29.3 Å². The summed E-state index contributed by atoms with van der Waals surface area (Å²) in [6.45, 7) is 0. The zero-order valence-electron chi connectivity index (χ0n) is 14.0. The van der Waals surface area contributed by atoms with Crippen molar-refractivity contribution in [3.05, 3.63) is 47.0 Å². The number of aryl methyl sites for hydroxylation is 2. The Morgan fingerprint density at radius 2 is 1.79 bits per heavy atom. The van der Waals surface area contributed by atoms with Gasteiger partial charge in [-0.1, -0.05) is 6.07 Å². The molecule has 0 saturated carbocycles. The van der Waals surface area contributed by atoms with Gasteiger partial charge >= 0.3 is 0 Å². The van der Waals surface area contributed by atoms with Gasteiger partial charge in [-0.3, -0.25) is 4.99 Å². The molecule has 2 aliphatic rings. The molecule has 1 unspecified atom stereocenters. The predicted octanol–water partition coefficient (Wildman–Crippen LogP) is 3.33. The molecule has 5 nitrogen and oxygen atoms in total. The lowest BCUT2D eigenvalue weighted by Crippen LogP contribution is -2.25. The van der Waals surface area contributed by atoms with Crippen LogP contribution < -0.4 is 20.1 Å². The van der Waals surface area contributed by atoms with E-state index >= 15 is 0 Å². The van der Waals surface area contributed by atoms with Crippen molar-refractivity contribution >= 4 is 17.7 Å². The van der Waals surface area contributed by atoms with E-state index in [0.717, 1.165) is 23.4 Å². The standard InChI is InChI=1S/C19H21N3O2/c1-23-17-9-15-16(10-18(17)24-2)22(11-21-19(15)20)14-7-6-12-4-3-5-13(12)8-14/h6-11,19H,3-5,20H2,1-2H3. The van der Waals surface area contributed by atoms with Gasteiger partial charge < -0.3 is 20.1 Å². The lowest BCUT2D eigenvalue weighted by Gasteiger charge is -2.29. The number of rotatable bonds is 3. The van der Waals surface area contributed by atoms with E-state index in [4.69, 9.17) is 15.2 Å². The van der Waals surface area contributed by atoms with Crippen LogP contribution in [0, 0.1) is 0 Å². The third-order valence-electron chi connectivity index (χ3n) is 4.81. The summed E-state index contributed by atoms with van der Waals surface area (Å²) in [5.41, 5.74) is 12.1. The summed E-state index contributed by atoms with van der Waals surface area (Å²) in [6.07, 6.45) is 4.96. The monoisotopic (exact) mass is 323 g/mol. The Morgan fingerprint density at radius 3 is 2.58 bits per heavy atom. The van der Waals surface area contributed by atoms with E-state index in [0.29, 0.717) is 11.5 Å². The SMILES string of the molecule is COc1cc2c(cc1OC)N(c1ccc3c(c1)CCC3)C=NC2N. The molecule has 1 aliphatic heterocycles. The van der Waals surface area contributed by atoms with Crippen LogP contribution in [-0.2, 0) is 12.8 Å². The first-order valence-corrected chi connectivity index (χ1v) is 8.17. The molecular weight excluding hydrogens is 302 g/mol. The number of hydrogen-bond acceptors (Lipinski definition) is 5. The maximum absolute atomic E-state index is 6.17. The predicted molar refractivity (Wildman–Crippen MR) is 95.6 cm³/mol. The Hall–Kier alpha value is -2.53. The topological polar surface area (TPSA) is 60.1 Å². The third-order valence-corrected chi connectivity index (χ3v) is 4.81. The number of hydrogen-bond donors (Lipinski definition) is 1. The molecule has 0 bridgehead atoms. The Kier molecular flexibility index (Phi) is 3.65. The molecule has 0 aromatic heterocycles. The van der Waals surface area contributed by atoms with Gasteiger partial charge in [-0.2, -0.15) is 0 Å². The number of fused-ring (bicyclic) bond motifs is 2. The first-order chi connectivity index (χ1) is 11.7. The van der Waals surface area contributed by atoms with Gasteiger partial charge in [-0.15, -0.1) is 0 Å². The average Bonchev–Trinajstić information content (AvgIpc) is 3.08. The highest BCUT2D eigenvalue weighted by atomic mass is 16.5. The van der Waals surface area contributed by atoms with E-state index < -0.39 is 6.17 Å². The number of nitrogens with zero attached hydrogens (tertiary/aromatic N) is 2. The smallest absolute Gasteiger partial charge is 0.162 e. The molecule has 0 amide bonds. The van der Waals surface area contributed by atoms with E-state index in [1.54, 1.807) is 20.6 Å². The van der Waals surface area contributed by atoms with Crippen LogP contribution in [0.4, 0.5) is 11.4 Å². The zero-order valence-corrected chi connectivity index (χ0v) is 14.0. The minimum Gasteiger partial charge on any atom is -0.493 e. The molecule has 2 aromatic carbocycles. The van der Waals surface area contributed by atoms with Crippen LogP contribution in [0.25, 0.3) is 0 Å². The van der Waals surface area contributed by atoms with Gasteiger partial charge in [0, 0.05) is 17.3 Å². The molecule has 2 N–H and O–H groups in total. The Bertz CT molecular complexity index is 816. The van der Waals surface area contributed by atoms with Crippen molar-refractivity contribution in [1.82, 2.24) is 0 Å². The first-order valence-electron chi connectivity index (χ1n) is 8.17. The molecule has 1 heterocycles. The quantitative estimate of drug-likeness (QED) is 0.941. The van der Waals surface area contributed by atoms with Crippen molar-refractivity contribution in [3.63, 3.8) is 0 Å². The highest BCUT2D eigenvalue weighted by Gasteiger charge is 2.24. The largest absolute Gasteiger partial charge is 0.493 e. The van der Waals surface area contributed by atoms with Gasteiger partial charge in [-0.25, -0.2) is 0 Å². The van der Waals surface area contributed by atoms with Gasteiger partial charge in [-0.05, 0) is 48.6 Å². The van der Waals surface area contributed by atoms with E-state index in [1.165, 1.54) is 24.0 Å². The van der Waals surface area contributed by atoms with E-state index in [2.05, 4.69) is 28.1 Å². The molecule has 0 spiro atoms. The maximum atomic E-state index is 6.17. The van der Waals surface area contributed by atoms with Gasteiger partial charge in [0.05, 0.1) is 26.2 Å². The second kappa shape index (κ2) is 5.83. The van der Waals surface area contributed by atoms with Crippen LogP contribution in [0.5, 0.6) is 11.5 Å². The summed E-state index contributed by atoms with van der Waals surface area (Å²) < 4.78 is 10.9. The molecule has 124 valence electrons. The molecule has 0 fully saturated rings. The van der Waals surface area contributed by atoms with Crippen molar-refractivity contribution in [1.29, 1.82) is 0 Å². The highest BCUT2D eigenvalue weighted by Crippen LogP contribution is 2.42. The van der Waals surface area contributed by atoms with Crippen molar-refractivity contribution in [2.45, 2.75) is 25.4 Å². The van der Waals surface area contributed by atoms with Gasteiger partial charge in [0.2, 0.25) is 0 Å². The van der Waals surface area contributed by atoms with Crippen molar-refractivity contribution < 1.29 is 9.47 Å². The normalized spacial score (nSPS) is 18.3. The van der Waals surface area contributed by atoms with Crippen molar-refractivity contribution in [2.75, 3.05) is 19.1 Å². The lowest BCUT2D eigenvalue weighted by molar-refractivity contribution is 0.354. The summed E-state index contributed by atoms with van der Waals surface area (Å²) in [6, 6.07) is 10.5. The number of nitrogens with two attached hydrogens (primary N) is 1. The number of ether oxygens (including phenoxy) is 2. The molecule has 0 radical (unpaired) electrons. The third kappa shape index (κ3) is 2.32. The zero-order chi connectivity index (χ0) is 16.7. The van der Waals surface area contributed by atoms with Gasteiger partial charge in [0.1, 0.15) is 6.17 Å². The summed E-state index contributed by atoms with van der Waals surface area (Å²) >= 11 is 0. The number of benzene rings is 2. The lowest BCUT2D eigenvalue weighted by atomic mass is 10.0. The average molecular weight is 323 g/mol. The Labute approximate surface area is 141 Å². The van der Waals surface area contributed by atoms with Crippen LogP contribution in [0.15, 0.2) is 35.3 Å². The fourth-order valence-electron chi connectivity index (χ4n) is 3.52. The molecule has 1 aliphatic carbocycles. The van der Waals surface area contributed by atoms with Crippen LogP contribution in [-0.4, -0.2) is 20.6 Å². The summed E-state index contributed by atoms with van der Waals surface area (Å²) in [5, 5.41) is 0. The molecular formula is C19H21N3O2. The van der Waals surface area contributed by atoms with Gasteiger partial charge in [0.15, 0.2) is 11.5 Å². The summed E-state index contributed by atoms with van der Waals surface area (Å²) in [4.78, 5) is 6.50. The van der Waals surface area contributed by atoms with E-state index in [9.17, 15) is 0 Å². The van der Waals surface area contributed by atoms with E-state index in [1.807, 2.05) is 12.1 Å². The van der Waals surface area contributed by atoms with Crippen LogP contribution in [0.3, 0.4) is 0 Å². The number of methoxy groups -OCH3 is 2. The molecule has 5 heteroatoms. The number of anilines is 2. The Morgan fingerprint density at radius 1 is 1.04 bits per heavy atom. The molecule has 2 aromatic rings. The maximum Gasteiger partial charge on any atom is 0.162 e. The second-order valence-corrected chi connectivity index (χ2v) is 6.15. The summed E-state index contributed by atoms with van der Waals surface area (Å²) in [7, 11) is 3.26. The van der Waals surface area contributed by atoms with Crippen molar-refractivity contribution in [2.24, 2.45) is 10.7 Å². The van der Waals surface area contributed by atoms with Crippen LogP contribution >= 0.6 is 0 Å². The molecule has 4 rings (SSSR count). The fraction of sp³-hybridized carbons (Fsp3) is 0.316. The molecule has 24 heavy (non-hydrogen) atoms. The fourth-order valence-corrected chi connectivity index (χ4v) is 3.52. The second-order valence-electron chi connectivity index (χ2n) is 6.15. The minimum atomic E-state index is -0.398. The van der Waals surface area contributed by atoms with Crippen LogP contribution in [0.2, 0.25) is 0 Å². The highest BCUT2D eigenvalue weighted by molar-refractivity contribution is 5.93. The first kappa shape index (κ1) is 15.0. The van der Waals surface area contributed by atoms with Crippen molar-refractivity contribution in [3.8, 4) is 11.5 Å². The summed E-state index contributed by atoms with van der Waals surface area (Å²) in [5.74, 6) is 1.35.